The van der Waals surface area contributed by atoms with Gasteiger partial charge in [-0.3, -0.25) is 4.68 Å². The summed E-state index contributed by atoms with van der Waals surface area (Å²) in [7, 11) is 1.91. The molecule has 1 heterocycles. The van der Waals surface area contributed by atoms with Crippen LogP contribution in [0.4, 0.5) is 17.2 Å². The molecule has 1 aromatic heterocycles. The summed E-state index contributed by atoms with van der Waals surface area (Å²) < 4.78 is 1.81. The molecule has 0 fully saturated rings. The van der Waals surface area contributed by atoms with Gasteiger partial charge in [0.2, 0.25) is 0 Å². The number of benzene rings is 1. The number of nitrogens with zero attached hydrogens (tertiary/aromatic N) is 2. The van der Waals surface area contributed by atoms with Crippen molar-refractivity contribution in [3.05, 3.63) is 35.5 Å². The van der Waals surface area contributed by atoms with Crippen LogP contribution >= 0.6 is 0 Å². The highest BCUT2D eigenvalue weighted by Crippen LogP contribution is 2.33. The number of hydrogen-bond donors (Lipinski definition) is 2. The minimum absolute atomic E-state index is 0.0739. The molecule has 0 spiro atoms. The Bertz CT molecular complexity index is 605. The molecular formula is C16H24N4. The van der Waals surface area contributed by atoms with E-state index in [0.29, 0.717) is 0 Å². The molecule has 2 rings (SSSR count). The number of aryl methyl sites for hydroxylation is 2. The van der Waals surface area contributed by atoms with Gasteiger partial charge >= 0.3 is 0 Å². The third kappa shape index (κ3) is 2.64. The summed E-state index contributed by atoms with van der Waals surface area (Å²) in [6, 6.07) is 8.33. The zero-order chi connectivity index (χ0) is 14.9. The molecular weight excluding hydrogens is 248 g/mol. The first-order valence-electron chi connectivity index (χ1n) is 7.02. The molecule has 0 saturated carbocycles. The lowest BCUT2D eigenvalue weighted by Crippen LogP contribution is -2.14. The Morgan fingerprint density at radius 3 is 2.45 bits per heavy atom. The van der Waals surface area contributed by atoms with Crippen molar-refractivity contribution < 1.29 is 0 Å². The molecule has 0 bridgehead atoms. The molecule has 2 aromatic rings. The average Bonchev–Trinajstić information content (AvgIpc) is 2.65. The average molecular weight is 272 g/mol. The summed E-state index contributed by atoms with van der Waals surface area (Å²) in [5, 5.41) is 7.89. The molecule has 4 heteroatoms. The standard InChI is InChI=1S/C16H24N4/c1-6-12-14(17)15(20(5)19-12)18-13-10-8-7-9-11(13)16(2,3)4/h7-10,18H,6,17H2,1-5H3. The van der Waals surface area contributed by atoms with Gasteiger partial charge in [-0.25, -0.2) is 0 Å². The lowest BCUT2D eigenvalue weighted by Gasteiger charge is -2.23. The maximum absolute atomic E-state index is 6.18. The quantitative estimate of drug-likeness (QED) is 0.897. The Balaban J connectivity index is 2.44. The SMILES string of the molecule is CCc1nn(C)c(Nc2ccccc2C(C)(C)C)c1N. The van der Waals surface area contributed by atoms with Crippen LogP contribution < -0.4 is 11.1 Å². The van der Waals surface area contributed by atoms with Gasteiger partial charge in [0, 0.05) is 12.7 Å². The third-order valence-corrected chi connectivity index (χ3v) is 3.48. The first kappa shape index (κ1) is 14.4. The van der Waals surface area contributed by atoms with Crippen molar-refractivity contribution in [1.29, 1.82) is 0 Å². The number of nitrogens with one attached hydrogen (secondary N) is 1. The number of anilines is 3. The van der Waals surface area contributed by atoms with Crippen LogP contribution in [0.5, 0.6) is 0 Å². The van der Waals surface area contributed by atoms with Crippen molar-refractivity contribution in [2.75, 3.05) is 11.1 Å². The molecule has 3 N–H and O–H groups in total. The van der Waals surface area contributed by atoms with Gasteiger partial charge in [0.25, 0.3) is 0 Å². The fourth-order valence-electron chi connectivity index (χ4n) is 2.38. The van der Waals surface area contributed by atoms with Crippen molar-refractivity contribution in [3.63, 3.8) is 0 Å². The van der Waals surface area contributed by atoms with E-state index in [1.807, 2.05) is 17.8 Å². The van der Waals surface area contributed by atoms with Crippen LogP contribution in [0.2, 0.25) is 0 Å². The van der Waals surface area contributed by atoms with Gasteiger partial charge in [0.1, 0.15) is 0 Å². The highest BCUT2D eigenvalue weighted by Gasteiger charge is 2.19. The normalized spacial score (nSPS) is 11.7. The van der Waals surface area contributed by atoms with Gasteiger partial charge in [-0.15, -0.1) is 0 Å². The number of hydrogen-bond acceptors (Lipinski definition) is 3. The predicted molar refractivity (Wildman–Crippen MR) is 85.4 cm³/mol. The largest absolute Gasteiger partial charge is 0.394 e. The Hall–Kier alpha value is -1.97. The summed E-state index contributed by atoms with van der Waals surface area (Å²) in [6.07, 6.45) is 0.836. The van der Waals surface area contributed by atoms with Crippen LogP contribution in [0.1, 0.15) is 39.0 Å². The minimum atomic E-state index is 0.0739. The van der Waals surface area contributed by atoms with Crippen molar-refractivity contribution in [2.24, 2.45) is 7.05 Å². The first-order valence-corrected chi connectivity index (χ1v) is 7.02. The van der Waals surface area contributed by atoms with Crippen LogP contribution in [0.3, 0.4) is 0 Å². The molecule has 0 atom stereocenters. The highest BCUT2D eigenvalue weighted by atomic mass is 15.3. The molecule has 0 unspecified atom stereocenters. The number of rotatable bonds is 3. The number of para-hydroxylation sites is 1. The maximum atomic E-state index is 6.18. The molecule has 0 aliphatic carbocycles. The maximum Gasteiger partial charge on any atom is 0.152 e. The van der Waals surface area contributed by atoms with Gasteiger partial charge in [-0.2, -0.15) is 5.10 Å². The summed E-state index contributed by atoms with van der Waals surface area (Å²) in [4.78, 5) is 0. The molecule has 0 amide bonds. The fourth-order valence-corrected chi connectivity index (χ4v) is 2.38. The van der Waals surface area contributed by atoms with Gasteiger partial charge in [0.15, 0.2) is 5.82 Å². The summed E-state index contributed by atoms with van der Waals surface area (Å²) in [5.41, 5.74) is 10.3. The Labute approximate surface area is 121 Å². The molecule has 20 heavy (non-hydrogen) atoms. The van der Waals surface area contributed by atoms with E-state index in [1.165, 1.54) is 5.56 Å². The second kappa shape index (κ2) is 5.19. The highest BCUT2D eigenvalue weighted by molar-refractivity contribution is 5.73. The summed E-state index contributed by atoms with van der Waals surface area (Å²) in [5.74, 6) is 0.860. The molecule has 0 aliphatic rings. The van der Waals surface area contributed by atoms with E-state index in [0.717, 1.165) is 29.3 Å². The van der Waals surface area contributed by atoms with Gasteiger partial charge in [-0.1, -0.05) is 45.9 Å². The zero-order valence-electron chi connectivity index (χ0n) is 13.0. The lowest BCUT2D eigenvalue weighted by atomic mass is 9.86. The fraction of sp³-hybridized carbons (Fsp3) is 0.438. The van der Waals surface area contributed by atoms with E-state index in [1.54, 1.807) is 0 Å². The monoisotopic (exact) mass is 272 g/mol. The van der Waals surface area contributed by atoms with Crippen LogP contribution in [0, 0.1) is 0 Å². The van der Waals surface area contributed by atoms with E-state index in [4.69, 9.17) is 5.73 Å². The van der Waals surface area contributed by atoms with Gasteiger partial charge in [-0.05, 0) is 23.5 Å². The lowest BCUT2D eigenvalue weighted by molar-refractivity contribution is 0.592. The van der Waals surface area contributed by atoms with Crippen LogP contribution in [-0.4, -0.2) is 9.78 Å². The van der Waals surface area contributed by atoms with E-state index < -0.39 is 0 Å². The molecule has 108 valence electrons. The van der Waals surface area contributed by atoms with Crippen molar-refractivity contribution in [2.45, 2.75) is 39.5 Å². The molecule has 0 aliphatic heterocycles. The molecule has 4 nitrogen and oxygen atoms in total. The minimum Gasteiger partial charge on any atom is -0.394 e. The van der Waals surface area contributed by atoms with Crippen LogP contribution in [0.15, 0.2) is 24.3 Å². The Morgan fingerprint density at radius 1 is 1.25 bits per heavy atom. The van der Waals surface area contributed by atoms with Gasteiger partial charge < -0.3 is 11.1 Å². The van der Waals surface area contributed by atoms with Crippen LogP contribution in [-0.2, 0) is 18.9 Å². The third-order valence-electron chi connectivity index (χ3n) is 3.48. The topological polar surface area (TPSA) is 55.9 Å². The number of nitrogen functional groups attached to an aromatic ring is 1. The first-order chi connectivity index (χ1) is 9.34. The van der Waals surface area contributed by atoms with Gasteiger partial charge in [0.05, 0.1) is 11.4 Å². The number of nitrogens with two attached hydrogens (primary N) is 1. The Kier molecular flexibility index (Phi) is 3.75. The predicted octanol–water partition coefficient (Wildman–Crippen LogP) is 3.61. The van der Waals surface area contributed by atoms with Crippen molar-refractivity contribution in [1.82, 2.24) is 9.78 Å². The summed E-state index contributed by atoms with van der Waals surface area (Å²) in [6.45, 7) is 8.68. The van der Waals surface area contributed by atoms with E-state index in [2.05, 4.69) is 56.3 Å². The van der Waals surface area contributed by atoms with Crippen molar-refractivity contribution >= 4 is 17.2 Å². The van der Waals surface area contributed by atoms with Crippen LogP contribution in [0.25, 0.3) is 0 Å². The molecule has 0 saturated heterocycles. The van der Waals surface area contributed by atoms with E-state index >= 15 is 0 Å². The summed E-state index contributed by atoms with van der Waals surface area (Å²) >= 11 is 0. The number of aromatic nitrogens is 2. The van der Waals surface area contributed by atoms with Crippen molar-refractivity contribution in [3.8, 4) is 0 Å². The Morgan fingerprint density at radius 2 is 1.90 bits per heavy atom. The molecule has 1 aromatic carbocycles. The van der Waals surface area contributed by atoms with E-state index in [9.17, 15) is 0 Å². The smallest absolute Gasteiger partial charge is 0.152 e. The van der Waals surface area contributed by atoms with E-state index in [-0.39, 0.29) is 5.41 Å². The second-order valence-corrected chi connectivity index (χ2v) is 6.11. The second-order valence-electron chi connectivity index (χ2n) is 6.11. The zero-order valence-corrected chi connectivity index (χ0v) is 13.0. The molecule has 0 radical (unpaired) electrons.